The molecule has 0 fully saturated rings. The van der Waals surface area contributed by atoms with Gasteiger partial charge in [0, 0.05) is 55.8 Å². The average molecular weight is 623 g/mol. The summed E-state index contributed by atoms with van der Waals surface area (Å²) in [6.45, 7) is 1.76. The molecule has 0 saturated heterocycles. The Kier molecular flexibility index (Phi) is 9.02. The van der Waals surface area contributed by atoms with Crippen LogP contribution < -0.4 is 19.7 Å². The minimum atomic E-state index is -4.80. The highest BCUT2D eigenvalue weighted by atomic mass is 31.2. The fourth-order valence-electron chi connectivity index (χ4n) is 4.67. The Hall–Kier alpha value is -4.68. The first-order valence-electron chi connectivity index (χ1n) is 13.5. The molecule has 0 aliphatic carbocycles. The quantitative estimate of drug-likeness (QED) is 0.164. The molecule has 3 N–H and O–H groups in total. The minimum Gasteiger partial charge on any atom is -0.497 e. The van der Waals surface area contributed by atoms with Crippen molar-refractivity contribution >= 4 is 48.2 Å². The highest BCUT2D eigenvalue weighted by Gasteiger charge is 2.27. The summed E-state index contributed by atoms with van der Waals surface area (Å²) in [7, 11) is -1.52. The highest BCUT2D eigenvalue weighted by molar-refractivity contribution is 7.46. The Morgan fingerprint density at radius 1 is 1.20 bits per heavy atom. The number of para-hydroxylation sites is 1. The second-order valence-corrected chi connectivity index (χ2v) is 11.2. The van der Waals surface area contributed by atoms with Crippen molar-refractivity contribution in [3.63, 3.8) is 0 Å². The molecule has 44 heavy (non-hydrogen) atoms. The number of nitrogens with one attached hydrogen (secondary N) is 1. The van der Waals surface area contributed by atoms with E-state index >= 15 is 0 Å². The third-order valence-electron chi connectivity index (χ3n) is 6.90. The van der Waals surface area contributed by atoms with Crippen molar-refractivity contribution in [3.8, 4) is 17.2 Å². The van der Waals surface area contributed by atoms with Gasteiger partial charge in [-0.25, -0.2) is 9.55 Å². The Morgan fingerprint density at radius 3 is 2.75 bits per heavy atom. The molecule has 3 heterocycles. The zero-order chi connectivity index (χ0) is 31.4. The minimum absolute atomic E-state index is 0.0755. The van der Waals surface area contributed by atoms with Gasteiger partial charge in [0.05, 0.1) is 12.8 Å². The summed E-state index contributed by atoms with van der Waals surface area (Å²) in [5, 5.41) is 3.91. The number of aryl methyl sites for hydroxylation is 1. The molecule has 0 atom stereocenters. The number of anilines is 2. The third-order valence-corrected chi connectivity index (χ3v) is 7.35. The number of methoxy groups -OCH3 is 1. The van der Waals surface area contributed by atoms with Crippen LogP contribution in [0.3, 0.4) is 0 Å². The lowest BCUT2D eigenvalue weighted by Gasteiger charge is -2.21. The van der Waals surface area contributed by atoms with Gasteiger partial charge in [-0.05, 0) is 42.8 Å². The van der Waals surface area contributed by atoms with Gasteiger partial charge in [0.25, 0.3) is 0 Å². The maximum absolute atomic E-state index is 13.1. The standard InChI is InChI=1S/C30H31N4O9P/c1-19-24(23-8-5-9-26(29(23)42-19)43-22-7-4-6-21(15-22)40-3)17-33(2)27(35)11-10-20-14-25-30(32-16-20)34(18-41-44(37,38)39)28(36)12-13-31-25/h4-11,14-16,31H,12-13,17-18H2,1-3H3,(H2,37,38,39)/b11-10+. The molecule has 0 saturated carbocycles. The van der Waals surface area contributed by atoms with Crippen LogP contribution >= 0.6 is 7.82 Å². The van der Waals surface area contributed by atoms with E-state index in [9.17, 15) is 14.2 Å². The number of pyridine rings is 1. The van der Waals surface area contributed by atoms with E-state index in [0.29, 0.717) is 46.4 Å². The predicted octanol–water partition coefficient (Wildman–Crippen LogP) is 4.82. The second kappa shape index (κ2) is 12.9. The smallest absolute Gasteiger partial charge is 0.471 e. The molecule has 230 valence electrons. The number of ether oxygens (including phenoxy) is 2. The molecule has 13 nitrogen and oxygen atoms in total. The number of carbonyl (C=O) groups excluding carboxylic acids is 2. The van der Waals surface area contributed by atoms with Crippen molar-refractivity contribution in [1.29, 1.82) is 0 Å². The van der Waals surface area contributed by atoms with Gasteiger partial charge in [0.15, 0.2) is 17.2 Å². The predicted molar refractivity (Wildman–Crippen MR) is 162 cm³/mol. The number of furan rings is 1. The summed E-state index contributed by atoms with van der Waals surface area (Å²) < 4.78 is 33.1. The number of phosphoric acid groups is 1. The molecule has 1 aliphatic heterocycles. The molecule has 0 spiro atoms. The topological polar surface area (TPSA) is 164 Å². The number of amides is 2. The lowest BCUT2D eigenvalue weighted by molar-refractivity contribution is -0.125. The van der Waals surface area contributed by atoms with Crippen LogP contribution in [0.4, 0.5) is 11.5 Å². The average Bonchev–Trinajstić information content (AvgIpc) is 3.22. The van der Waals surface area contributed by atoms with Crippen molar-refractivity contribution < 1.29 is 42.4 Å². The van der Waals surface area contributed by atoms with Crippen LogP contribution in [-0.4, -0.2) is 58.9 Å². The first-order chi connectivity index (χ1) is 21.0. The number of hydrogen-bond donors (Lipinski definition) is 3. The lowest BCUT2D eigenvalue weighted by Crippen LogP contribution is -2.32. The Labute approximate surface area is 252 Å². The van der Waals surface area contributed by atoms with E-state index in [2.05, 4.69) is 14.8 Å². The fourth-order valence-corrected chi connectivity index (χ4v) is 4.94. The van der Waals surface area contributed by atoms with Gasteiger partial charge in [0.2, 0.25) is 11.8 Å². The number of fused-ring (bicyclic) bond motifs is 2. The first kappa shape index (κ1) is 30.8. The highest BCUT2D eigenvalue weighted by Crippen LogP contribution is 2.38. The fraction of sp³-hybridized carbons (Fsp3) is 0.233. The van der Waals surface area contributed by atoms with E-state index in [1.165, 1.54) is 12.3 Å². The molecule has 0 radical (unpaired) electrons. The number of benzene rings is 2. The summed E-state index contributed by atoms with van der Waals surface area (Å²) in [4.78, 5) is 50.5. The SMILES string of the molecule is COc1cccc(Oc2cccc3c(CN(C)C(=O)/C=C/c4cnc5c(c4)NCCC(=O)N5COP(=O)(O)O)c(C)oc23)c1. The van der Waals surface area contributed by atoms with Crippen molar-refractivity contribution in [1.82, 2.24) is 9.88 Å². The number of phosphoric ester groups is 1. The van der Waals surface area contributed by atoms with E-state index in [-0.39, 0.29) is 24.7 Å². The molecular weight excluding hydrogens is 591 g/mol. The molecule has 1 aliphatic rings. The largest absolute Gasteiger partial charge is 0.497 e. The van der Waals surface area contributed by atoms with Crippen LogP contribution in [0.1, 0.15) is 23.3 Å². The molecule has 4 aromatic rings. The van der Waals surface area contributed by atoms with Gasteiger partial charge in [-0.3, -0.25) is 19.0 Å². The second-order valence-electron chi connectivity index (χ2n) is 9.97. The van der Waals surface area contributed by atoms with Crippen molar-refractivity contribution in [2.45, 2.75) is 19.9 Å². The van der Waals surface area contributed by atoms with Crippen LogP contribution in [0.2, 0.25) is 0 Å². The number of rotatable bonds is 10. The van der Waals surface area contributed by atoms with E-state index < -0.39 is 20.5 Å². The van der Waals surface area contributed by atoms with Gasteiger partial charge < -0.3 is 33.9 Å². The van der Waals surface area contributed by atoms with Crippen LogP contribution in [0.15, 0.2) is 65.2 Å². The molecule has 14 heteroatoms. The summed E-state index contributed by atoms with van der Waals surface area (Å²) in [5.74, 6) is 1.96. The van der Waals surface area contributed by atoms with Crippen molar-refractivity contribution in [2.24, 2.45) is 0 Å². The van der Waals surface area contributed by atoms with E-state index in [1.54, 1.807) is 37.3 Å². The Morgan fingerprint density at radius 2 is 1.98 bits per heavy atom. The van der Waals surface area contributed by atoms with E-state index in [4.69, 9.17) is 23.7 Å². The lowest BCUT2D eigenvalue weighted by atomic mass is 10.1. The molecule has 0 bridgehead atoms. The molecule has 0 unspecified atom stereocenters. The Bertz CT molecular complexity index is 1780. The number of nitrogens with zero attached hydrogens (tertiary/aromatic N) is 3. The third kappa shape index (κ3) is 7.09. The molecular formula is C30H31N4O9P. The zero-order valence-electron chi connectivity index (χ0n) is 24.2. The van der Waals surface area contributed by atoms with E-state index in [0.717, 1.165) is 15.8 Å². The summed E-state index contributed by atoms with van der Waals surface area (Å²) in [6.07, 6.45) is 4.53. The van der Waals surface area contributed by atoms with Gasteiger partial charge in [-0.1, -0.05) is 18.2 Å². The van der Waals surface area contributed by atoms with Gasteiger partial charge in [-0.15, -0.1) is 0 Å². The zero-order valence-corrected chi connectivity index (χ0v) is 25.1. The maximum Gasteiger partial charge on any atom is 0.471 e. The normalized spacial score (nSPS) is 13.5. The number of aromatic nitrogens is 1. The first-order valence-corrected chi connectivity index (χ1v) is 15.1. The Balaban J connectivity index is 1.30. The van der Waals surface area contributed by atoms with E-state index in [1.807, 2.05) is 43.3 Å². The van der Waals surface area contributed by atoms with Crippen LogP contribution in [0, 0.1) is 6.92 Å². The number of carbonyl (C=O) groups is 2. The maximum atomic E-state index is 13.1. The summed E-state index contributed by atoms with van der Waals surface area (Å²) in [6, 6.07) is 14.5. The van der Waals surface area contributed by atoms with Crippen LogP contribution in [0.5, 0.6) is 17.2 Å². The molecule has 5 rings (SSSR count). The monoisotopic (exact) mass is 622 g/mol. The van der Waals surface area contributed by atoms with Gasteiger partial charge in [0.1, 0.15) is 24.0 Å². The van der Waals surface area contributed by atoms with Crippen LogP contribution in [0.25, 0.3) is 17.0 Å². The number of hydrogen-bond acceptors (Lipinski definition) is 9. The molecule has 2 aromatic carbocycles. The van der Waals surface area contributed by atoms with Crippen molar-refractivity contribution in [2.75, 3.05) is 37.6 Å². The molecule has 2 aromatic heterocycles. The van der Waals surface area contributed by atoms with Gasteiger partial charge >= 0.3 is 7.82 Å². The molecule has 2 amide bonds. The summed E-state index contributed by atoms with van der Waals surface area (Å²) in [5.41, 5.74) is 2.45. The summed E-state index contributed by atoms with van der Waals surface area (Å²) >= 11 is 0. The van der Waals surface area contributed by atoms with Crippen molar-refractivity contribution in [3.05, 3.63) is 77.7 Å². The van der Waals surface area contributed by atoms with Crippen LogP contribution in [-0.2, 0) is 25.2 Å². The van der Waals surface area contributed by atoms with Gasteiger partial charge in [-0.2, -0.15) is 0 Å². The number of likely N-dealkylation sites (N-methyl/N-ethyl adjacent to an activating group) is 1.